The van der Waals surface area contributed by atoms with Crippen LogP contribution in [0.2, 0.25) is 10.0 Å². The maximum absolute atomic E-state index is 13.8. The van der Waals surface area contributed by atoms with Crippen LogP contribution in [0.3, 0.4) is 0 Å². The fraction of sp³-hybridized carbons (Fsp3) is 0.462. The first-order valence-electron chi connectivity index (χ1n) is 12.2. The zero-order chi connectivity index (χ0) is 27.8. The molecule has 2 amide bonds. The van der Waals surface area contributed by atoms with E-state index in [4.69, 9.17) is 27.9 Å². The molecule has 204 valence electrons. The molecule has 0 radical (unpaired) electrons. The molecular formula is C26H35Cl2N3O5S. The van der Waals surface area contributed by atoms with Crippen molar-refractivity contribution in [1.29, 1.82) is 0 Å². The quantitative estimate of drug-likeness (QED) is 0.369. The molecule has 2 aromatic carbocycles. The molecular weight excluding hydrogens is 537 g/mol. The first-order chi connectivity index (χ1) is 17.4. The van der Waals surface area contributed by atoms with E-state index in [0.29, 0.717) is 40.8 Å². The number of benzene rings is 2. The third-order valence-corrected chi connectivity index (χ3v) is 7.72. The minimum absolute atomic E-state index is 0.0749. The van der Waals surface area contributed by atoms with Gasteiger partial charge in [-0.3, -0.25) is 13.9 Å². The van der Waals surface area contributed by atoms with Crippen molar-refractivity contribution in [1.82, 2.24) is 10.2 Å². The average molecular weight is 573 g/mol. The van der Waals surface area contributed by atoms with Gasteiger partial charge in [-0.15, -0.1) is 0 Å². The lowest BCUT2D eigenvalue weighted by Crippen LogP contribution is -2.53. The van der Waals surface area contributed by atoms with E-state index in [1.165, 1.54) is 4.90 Å². The number of para-hydroxylation sites is 2. The molecule has 0 aromatic heterocycles. The van der Waals surface area contributed by atoms with E-state index in [9.17, 15) is 18.0 Å². The average Bonchev–Trinajstić information content (AvgIpc) is 2.84. The van der Waals surface area contributed by atoms with Gasteiger partial charge in [0.2, 0.25) is 21.8 Å². The second kappa shape index (κ2) is 13.9. The zero-order valence-corrected chi connectivity index (χ0v) is 24.2. The molecule has 11 heteroatoms. The predicted octanol–water partition coefficient (Wildman–Crippen LogP) is 4.88. The van der Waals surface area contributed by atoms with Crippen molar-refractivity contribution < 1.29 is 22.7 Å². The molecule has 0 heterocycles. The highest BCUT2D eigenvalue weighted by atomic mass is 35.5. The number of hydrogen-bond donors (Lipinski definition) is 1. The van der Waals surface area contributed by atoms with Crippen LogP contribution in [0.4, 0.5) is 5.69 Å². The molecule has 1 N–H and O–H groups in total. The minimum Gasteiger partial charge on any atom is -0.492 e. The van der Waals surface area contributed by atoms with Gasteiger partial charge in [-0.25, -0.2) is 8.42 Å². The van der Waals surface area contributed by atoms with E-state index in [2.05, 4.69) is 5.32 Å². The van der Waals surface area contributed by atoms with Crippen LogP contribution >= 0.6 is 23.2 Å². The van der Waals surface area contributed by atoms with E-state index in [1.807, 2.05) is 13.8 Å². The van der Waals surface area contributed by atoms with Gasteiger partial charge in [-0.1, -0.05) is 55.2 Å². The van der Waals surface area contributed by atoms with Crippen molar-refractivity contribution >= 4 is 50.7 Å². The Balaban J connectivity index is 2.55. The second-order valence-electron chi connectivity index (χ2n) is 8.63. The number of carbonyl (C=O) groups is 2. The summed E-state index contributed by atoms with van der Waals surface area (Å²) in [7, 11) is -3.90. The van der Waals surface area contributed by atoms with Crippen molar-refractivity contribution in [2.75, 3.05) is 23.7 Å². The van der Waals surface area contributed by atoms with E-state index in [-0.39, 0.29) is 24.2 Å². The summed E-state index contributed by atoms with van der Waals surface area (Å²) >= 11 is 12.8. The molecule has 2 rings (SSSR count). The predicted molar refractivity (Wildman–Crippen MR) is 149 cm³/mol. The van der Waals surface area contributed by atoms with E-state index in [0.717, 1.165) is 10.6 Å². The van der Waals surface area contributed by atoms with Crippen LogP contribution in [-0.4, -0.2) is 56.6 Å². The van der Waals surface area contributed by atoms with Gasteiger partial charge in [0.15, 0.2) is 0 Å². The summed E-state index contributed by atoms with van der Waals surface area (Å²) in [6, 6.07) is 10.6. The van der Waals surface area contributed by atoms with E-state index in [1.54, 1.807) is 56.3 Å². The summed E-state index contributed by atoms with van der Waals surface area (Å²) in [5, 5.41) is 3.60. The largest absolute Gasteiger partial charge is 0.492 e. The Kier molecular flexibility index (Phi) is 11.5. The number of sulfonamides is 1. The molecule has 0 aliphatic rings. The van der Waals surface area contributed by atoms with Gasteiger partial charge in [0.1, 0.15) is 18.3 Å². The van der Waals surface area contributed by atoms with Gasteiger partial charge in [0.25, 0.3) is 0 Å². The highest BCUT2D eigenvalue weighted by Gasteiger charge is 2.33. The molecule has 2 unspecified atom stereocenters. The maximum Gasteiger partial charge on any atom is 0.244 e. The molecule has 8 nitrogen and oxygen atoms in total. The zero-order valence-electron chi connectivity index (χ0n) is 21.8. The number of ether oxygens (including phenoxy) is 1. The number of carbonyl (C=O) groups excluding carboxylic acids is 2. The molecule has 0 saturated heterocycles. The Bertz CT molecular complexity index is 1170. The van der Waals surface area contributed by atoms with Crippen molar-refractivity contribution in [2.24, 2.45) is 0 Å². The van der Waals surface area contributed by atoms with Crippen molar-refractivity contribution in [3.05, 3.63) is 58.1 Å². The SMILES string of the molecule is CCOc1ccccc1N(CC(=O)N(Cc1c(Cl)cccc1Cl)C(CC)C(=O)NC(C)CC)S(C)(=O)=O. The second-order valence-corrected chi connectivity index (χ2v) is 11.4. The van der Waals surface area contributed by atoms with Gasteiger partial charge >= 0.3 is 0 Å². The number of halogens is 2. The monoisotopic (exact) mass is 571 g/mol. The first kappa shape index (κ1) is 30.7. The van der Waals surface area contributed by atoms with Crippen LogP contribution in [0, 0.1) is 0 Å². The van der Waals surface area contributed by atoms with Gasteiger partial charge in [-0.2, -0.15) is 0 Å². The fourth-order valence-corrected chi connectivity index (χ4v) is 5.12. The lowest BCUT2D eigenvalue weighted by molar-refractivity contribution is -0.140. The van der Waals surface area contributed by atoms with Gasteiger partial charge in [0, 0.05) is 28.2 Å². The number of hydrogen-bond acceptors (Lipinski definition) is 5. The van der Waals surface area contributed by atoms with E-state index < -0.39 is 28.5 Å². The Morgan fingerprint density at radius 1 is 1.00 bits per heavy atom. The Labute approximate surface area is 229 Å². The molecule has 37 heavy (non-hydrogen) atoms. The molecule has 2 atom stereocenters. The molecule has 0 fully saturated rings. The number of nitrogens with zero attached hydrogens (tertiary/aromatic N) is 2. The highest BCUT2D eigenvalue weighted by Crippen LogP contribution is 2.31. The van der Waals surface area contributed by atoms with Crippen LogP contribution in [-0.2, 0) is 26.2 Å². The minimum atomic E-state index is -3.90. The summed E-state index contributed by atoms with van der Waals surface area (Å²) in [5.74, 6) is -0.599. The Morgan fingerprint density at radius 3 is 2.16 bits per heavy atom. The van der Waals surface area contributed by atoms with Gasteiger partial charge in [0.05, 0.1) is 18.6 Å². The summed E-state index contributed by atoms with van der Waals surface area (Å²) in [4.78, 5) is 28.4. The summed E-state index contributed by atoms with van der Waals surface area (Å²) in [6.45, 7) is 7.08. The van der Waals surface area contributed by atoms with Gasteiger partial charge in [-0.05, 0) is 51.0 Å². The van der Waals surface area contributed by atoms with E-state index >= 15 is 0 Å². The molecule has 0 bridgehead atoms. The molecule has 0 aliphatic heterocycles. The van der Waals surface area contributed by atoms with Crippen molar-refractivity contribution in [2.45, 2.75) is 59.2 Å². The molecule has 0 saturated carbocycles. The molecule has 0 spiro atoms. The summed E-state index contributed by atoms with van der Waals surface area (Å²) in [6.07, 6.45) is 2.03. The Hall–Kier alpha value is -2.49. The van der Waals surface area contributed by atoms with Crippen LogP contribution < -0.4 is 14.4 Å². The number of nitrogens with one attached hydrogen (secondary N) is 1. The van der Waals surface area contributed by atoms with Gasteiger partial charge < -0.3 is 15.0 Å². The lowest BCUT2D eigenvalue weighted by atomic mass is 10.1. The maximum atomic E-state index is 13.8. The first-order valence-corrected chi connectivity index (χ1v) is 14.8. The van der Waals surface area contributed by atoms with Crippen molar-refractivity contribution in [3.8, 4) is 5.75 Å². The molecule has 2 aromatic rings. The summed E-state index contributed by atoms with van der Waals surface area (Å²) < 4.78 is 32.3. The standard InChI is InChI=1S/C26H35Cl2N3O5S/c1-6-18(4)29-26(33)22(7-2)30(16-19-20(27)12-11-13-21(19)28)25(32)17-31(37(5,34)35)23-14-9-10-15-24(23)36-8-3/h9-15,18,22H,6-8,16-17H2,1-5H3,(H,29,33). The third-order valence-electron chi connectivity index (χ3n) is 5.89. The van der Waals surface area contributed by atoms with Crippen LogP contribution in [0.25, 0.3) is 0 Å². The lowest BCUT2D eigenvalue weighted by Gasteiger charge is -2.34. The fourth-order valence-electron chi connectivity index (χ4n) is 3.75. The normalized spacial score (nSPS) is 12.9. The topological polar surface area (TPSA) is 96.0 Å². The van der Waals surface area contributed by atoms with Crippen molar-refractivity contribution in [3.63, 3.8) is 0 Å². The highest BCUT2D eigenvalue weighted by molar-refractivity contribution is 7.92. The summed E-state index contributed by atoms with van der Waals surface area (Å²) in [5.41, 5.74) is 0.697. The Morgan fingerprint density at radius 2 is 1.62 bits per heavy atom. The number of anilines is 1. The van der Waals surface area contributed by atoms with Crippen LogP contribution in [0.1, 0.15) is 46.1 Å². The van der Waals surface area contributed by atoms with Crippen LogP contribution in [0.5, 0.6) is 5.75 Å². The third kappa shape index (κ3) is 8.25. The number of rotatable bonds is 13. The smallest absolute Gasteiger partial charge is 0.244 e. The number of amides is 2. The molecule has 0 aliphatic carbocycles. The van der Waals surface area contributed by atoms with Crippen LogP contribution in [0.15, 0.2) is 42.5 Å².